The summed E-state index contributed by atoms with van der Waals surface area (Å²) in [6.07, 6.45) is 7.89. The molecule has 2 atom stereocenters. The van der Waals surface area contributed by atoms with Crippen molar-refractivity contribution in [3.8, 4) is 0 Å². The molecule has 3 aliphatic heterocycles. The second kappa shape index (κ2) is 7.75. The van der Waals surface area contributed by atoms with E-state index in [9.17, 15) is 4.79 Å². The van der Waals surface area contributed by atoms with E-state index in [1.807, 2.05) is 11.1 Å². The molecule has 152 valence electrons. The smallest absolute Gasteiger partial charge is 0.274 e. The SMILES string of the molecule is O=C(c1cncc(N2CC3CNCC3(CCc3ccccc3)C2)n1)N1CCCC1. The van der Waals surface area contributed by atoms with Gasteiger partial charge >= 0.3 is 0 Å². The van der Waals surface area contributed by atoms with Crippen molar-refractivity contribution < 1.29 is 4.79 Å². The largest absolute Gasteiger partial charge is 0.354 e. The Labute approximate surface area is 172 Å². The van der Waals surface area contributed by atoms with Gasteiger partial charge in [0, 0.05) is 44.7 Å². The molecule has 2 unspecified atom stereocenters. The van der Waals surface area contributed by atoms with Crippen LogP contribution in [0.2, 0.25) is 0 Å². The van der Waals surface area contributed by atoms with Gasteiger partial charge < -0.3 is 15.1 Å². The average Bonchev–Trinajstić information content (AvgIpc) is 3.49. The fourth-order valence-electron chi connectivity index (χ4n) is 5.29. The van der Waals surface area contributed by atoms with Crippen molar-refractivity contribution in [3.05, 3.63) is 54.0 Å². The molecule has 5 rings (SSSR count). The molecule has 6 heteroatoms. The lowest BCUT2D eigenvalue weighted by atomic mass is 9.76. The van der Waals surface area contributed by atoms with Gasteiger partial charge in [-0.25, -0.2) is 4.98 Å². The first-order valence-electron chi connectivity index (χ1n) is 10.8. The fourth-order valence-corrected chi connectivity index (χ4v) is 5.29. The van der Waals surface area contributed by atoms with E-state index in [-0.39, 0.29) is 11.3 Å². The molecule has 2 aromatic rings. The first-order valence-corrected chi connectivity index (χ1v) is 10.8. The van der Waals surface area contributed by atoms with Crippen LogP contribution in [0, 0.1) is 11.3 Å². The minimum atomic E-state index is 0.0247. The van der Waals surface area contributed by atoms with E-state index >= 15 is 0 Å². The molecule has 1 aromatic carbocycles. The molecule has 4 heterocycles. The quantitative estimate of drug-likeness (QED) is 0.848. The maximum atomic E-state index is 12.7. The summed E-state index contributed by atoms with van der Waals surface area (Å²) in [5.41, 5.74) is 2.16. The Bertz CT molecular complexity index is 867. The Morgan fingerprint density at radius 3 is 2.83 bits per heavy atom. The highest BCUT2D eigenvalue weighted by atomic mass is 16.2. The number of anilines is 1. The second-order valence-corrected chi connectivity index (χ2v) is 8.82. The average molecular weight is 392 g/mol. The number of nitrogens with zero attached hydrogens (tertiary/aromatic N) is 4. The zero-order chi connectivity index (χ0) is 19.7. The van der Waals surface area contributed by atoms with Crippen LogP contribution in [-0.4, -0.2) is 60.0 Å². The lowest BCUT2D eigenvalue weighted by Gasteiger charge is -2.28. The summed E-state index contributed by atoms with van der Waals surface area (Å²) in [5.74, 6) is 1.49. The molecule has 1 aromatic heterocycles. The van der Waals surface area contributed by atoms with E-state index < -0.39 is 0 Å². The molecule has 6 nitrogen and oxygen atoms in total. The Morgan fingerprint density at radius 2 is 2.00 bits per heavy atom. The predicted molar refractivity (Wildman–Crippen MR) is 113 cm³/mol. The van der Waals surface area contributed by atoms with Gasteiger partial charge in [-0.1, -0.05) is 30.3 Å². The number of aryl methyl sites for hydroxylation is 1. The van der Waals surface area contributed by atoms with Crippen LogP contribution >= 0.6 is 0 Å². The maximum absolute atomic E-state index is 12.7. The summed E-state index contributed by atoms with van der Waals surface area (Å²) >= 11 is 0. The standard InChI is InChI=1S/C23H29N5O/c29-22(27-10-4-5-11-27)20-13-24-14-21(26-20)28-15-19-12-25-16-23(19,17-28)9-8-18-6-2-1-3-7-18/h1-3,6-7,13-14,19,25H,4-5,8-12,15-17H2. The van der Waals surface area contributed by atoms with Gasteiger partial charge in [0.1, 0.15) is 11.5 Å². The van der Waals surface area contributed by atoms with Crippen LogP contribution in [0.5, 0.6) is 0 Å². The van der Waals surface area contributed by atoms with Gasteiger partial charge in [0.25, 0.3) is 5.91 Å². The summed E-state index contributed by atoms with van der Waals surface area (Å²) in [6, 6.07) is 10.8. The van der Waals surface area contributed by atoms with E-state index in [2.05, 4.69) is 45.5 Å². The van der Waals surface area contributed by atoms with Gasteiger partial charge in [0.05, 0.1) is 12.4 Å². The number of hydrogen-bond donors (Lipinski definition) is 1. The molecule has 1 N–H and O–H groups in total. The van der Waals surface area contributed by atoms with Gasteiger partial charge in [-0.05, 0) is 37.2 Å². The van der Waals surface area contributed by atoms with Crippen molar-refractivity contribution in [2.75, 3.05) is 44.2 Å². The summed E-state index contributed by atoms with van der Waals surface area (Å²) in [4.78, 5) is 26.1. The molecule has 0 aliphatic carbocycles. The Balaban J connectivity index is 1.31. The Hall–Kier alpha value is -2.47. The van der Waals surface area contributed by atoms with Crippen LogP contribution in [0.4, 0.5) is 5.82 Å². The third-order valence-electron chi connectivity index (χ3n) is 6.99. The number of carbonyl (C=O) groups is 1. The summed E-state index contributed by atoms with van der Waals surface area (Å²) in [7, 11) is 0. The maximum Gasteiger partial charge on any atom is 0.274 e. The van der Waals surface area contributed by atoms with Crippen LogP contribution < -0.4 is 10.2 Å². The third-order valence-corrected chi connectivity index (χ3v) is 6.99. The number of benzene rings is 1. The Kier molecular flexibility index (Phi) is 4.96. The minimum Gasteiger partial charge on any atom is -0.354 e. The van der Waals surface area contributed by atoms with Crippen LogP contribution in [0.1, 0.15) is 35.3 Å². The molecular formula is C23H29N5O. The molecule has 29 heavy (non-hydrogen) atoms. The highest BCUT2D eigenvalue weighted by Gasteiger charge is 2.49. The fraction of sp³-hybridized carbons (Fsp3) is 0.522. The number of likely N-dealkylation sites (tertiary alicyclic amines) is 1. The molecule has 0 spiro atoms. The van der Waals surface area contributed by atoms with Crippen molar-refractivity contribution >= 4 is 11.7 Å². The van der Waals surface area contributed by atoms with Gasteiger partial charge in [0.15, 0.2) is 0 Å². The second-order valence-electron chi connectivity index (χ2n) is 8.82. The monoisotopic (exact) mass is 391 g/mol. The number of aromatic nitrogens is 2. The van der Waals surface area contributed by atoms with E-state index in [1.165, 1.54) is 12.0 Å². The van der Waals surface area contributed by atoms with Crippen molar-refractivity contribution in [1.29, 1.82) is 0 Å². The van der Waals surface area contributed by atoms with Crippen LogP contribution in [0.3, 0.4) is 0 Å². The first-order chi connectivity index (χ1) is 14.2. The zero-order valence-corrected chi connectivity index (χ0v) is 16.9. The van der Waals surface area contributed by atoms with Gasteiger partial charge in [-0.3, -0.25) is 9.78 Å². The molecule has 3 saturated heterocycles. The summed E-state index contributed by atoms with van der Waals surface area (Å²) in [5, 5.41) is 3.62. The molecule has 3 aliphatic rings. The number of amides is 1. The van der Waals surface area contributed by atoms with Crippen LogP contribution in [0.15, 0.2) is 42.7 Å². The van der Waals surface area contributed by atoms with Crippen LogP contribution in [0.25, 0.3) is 0 Å². The van der Waals surface area contributed by atoms with Gasteiger partial charge in [-0.15, -0.1) is 0 Å². The zero-order valence-electron chi connectivity index (χ0n) is 16.9. The molecule has 0 saturated carbocycles. The molecular weight excluding hydrogens is 362 g/mol. The lowest BCUT2D eigenvalue weighted by molar-refractivity contribution is 0.0786. The van der Waals surface area contributed by atoms with E-state index in [0.717, 1.165) is 64.3 Å². The molecule has 0 radical (unpaired) electrons. The minimum absolute atomic E-state index is 0.0247. The molecule has 0 bridgehead atoms. The van der Waals surface area contributed by atoms with Gasteiger partial charge in [0.2, 0.25) is 0 Å². The van der Waals surface area contributed by atoms with E-state index in [4.69, 9.17) is 4.98 Å². The van der Waals surface area contributed by atoms with E-state index in [1.54, 1.807) is 6.20 Å². The summed E-state index contributed by atoms with van der Waals surface area (Å²) in [6.45, 7) is 5.76. The first kappa shape index (κ1) is 18.6. The molecule has 1 amide bonds. The van der Waals surface area contributed by atoms with Crippen molar-refractivity contribution in [3.63, 3.8) is 0 Å². The van der Waals surface area contributed by atoms with Crippen molar-refractivity contribution in [2.45, 2.75) is 25.7 Å². The molecule has 3 fully saturated rings. The highest BCUT2D eigenvalue weighted by Crippen LogP contribution is 2.43. The van der Waals surface area contributed by atoms with Gasteiger partial charge in [-0.2, -0.15) is 0 Å². The number of fused-ring (bicyclic) bond motifs is 1. The Morgan fingerprint density at radius 1 is 1.17 bits per heavy atom. The normalized spacial score (nSPS) is 26.1. The number of rotatable bonds is 5. The van der Waals surface area contributed by atoms with Crippen molar-refractivity contribution in [1.82, 2.24) is 20.2 Å². The number of carbonyl (C=O) groups excluding carboxylic acids is 1. The number of nitrogens with one attached hydrogen (secondary N) is 1. The third kappa shape index (κ3) is 3.62. The predicted octanol–water partition coefficient (Wildman–Crippen LogP) is 2.37. The van der Waals surface area contributed by atoms with Crippen molar-refractivity contribution in [2.24, 2.45) is 11.3 Å². The lowest BCUT2D eigenvalue weighted by Crippen LogP contribution is -2.34. The number of hydrogen-bond acceptors (Lipinski definition) is 5. The van der Waals surface area contributed by atoms with E-state index in [0.29, 0.717) is 11.6 Å². The topological polar surface area (TPSA) is 61.4 Å². The highest BCUT2D eigenvalue weighted by molar-refractivity contribution is 5.92. The van der Waals surface area contributed by atoms with Crippen LogP contribution in [-0.2, 0) is 6.42 Å². The summed E-state index contributed by atoms with van der Waals surface area (Å²) < 4.78 is 0.